The topological polar surface area (TPSA) is 83.7 Å². The fourth-order valence-corrected chi connectivity index (χ4v) is 3.53. The van der Waals surface area contributed by atoms with E-state index >= 15 is 0 Å². The van der Waals surface area contributed by atoms with Crippen LogP contribution in [0.25, 0.3) is 0 Å². The molecule has 0 aliphatic carbocycles. The van der Waals surface area contributed by atoms with Crippen molar-refractivity contribution in [2.24, 2.45) is 5.92 Å². The van der Waals surface area contributed by atoms with Crippen LogP contribution in [-0.2, 0) is 22.7 Å². The quantitative estimate of drug-likeness (QED) is 0.796. The fourth-order valence-electron chi connectivity index (χ4n) is 3.53. The summed E-state index contributed by atoms with van der Waals surface area (Å²) in [6, 6.07) is -0.196. The van der Waals surface area contributed by atoms with Crippen molar-refractivity contribution >= 4 is 5.91 Å². The summed E-state index contributed by atoms with van der Waals surface area (Å²) >= 11 is 0. The Balaban J connectivity index is 2.21. The molecule has 1 aliphatic rings. The van der Waals surface area contributed by atoms with Gasteiger partial charge in [0.1, 0.15) is 0 Å². The molecule has 154 valence electrons. The first-order valence-corrected chi connectivity index (χ1v) is 10.0. The van der Waals surface area contributed by atoms with Crippen LogP contribution in [-0.4, -0.2) is 81.2 Å². The van der Waals surface area contributed by atoms with Gasteiger partial charge in [0, 0.05) is 32.0 Å². The Morgan fingerprint density at radius 2 is 2.26 bits per heavy atom. The average Bonchev–Trinajstić information content (AvgIpc) is 3.08. The zero-order valence-corrected chi connectivity index (χ0v) is 17.2. The number of aliphatic hydroxyl groups is 1. The highest BCUT2D eigenvalue weighted by molar-refractivity contribution is 5.76. The number of rotatable bonds is 6. The summed E-state index contributed by atoms with van der Waals surface area (Å²) in [5.74, 6) is 0.220. The standard InChI is InChI=1S/C19H35N5O3/c1-5-8-22(4)12-18-15(2)11-23(16(3)13-25)19(26)7-6-9-24-17(14-27-18)10-20-21-24/h10,15-16,18,25H,5-9,11-14H2,1-4H3/t15-,16-,18-/m0/s1. The highest BCUT2D eigenvalue weighted by Crippen LogP contribution is 2.18. The largest absolute Gasteiger partial charge is 0.394 e. The zero-order valence-electron chi connectivity index (χ0n) is 17.2. The number of fused-ring (bicyclic) bond motifs is 1. The summed E-state index contributed by atoms with van der Waals surface area (Å²) in [4.78, 5) is 16.9. The second-order valence-corrected chi connectivity index (χ2v) is 7.72. The van der Waals surface area contributed by atoms with Crippen molar-refractivity contribution in [3.05, 3.63) is 11.9 Å². The maximum absolute atomic E-state index is 12.8. The molecule has 1 aromatic heterocycles. The Labute approximate surface area is 162 Å². The normalized spacial score (nSPS) is 23.6. The first-order chi connectivity index (χ1) is 13.0. The fraction of sp³-hybridized carbons (Fsp3) is 0.842. The molecular formula is C19H35N5O3. The monoisotopic (exact) mass is 381 g/mol. The Hall–Kier alpha value is -1.51. The Morgan fingerprint density at radius 3 is 2.96 bits per heavy atom. The molecule has 0 fully saturated rings. The number of likely N-dealkylation sites (N-methyl/N-ethyl adjacent to an activating group) is 1. The summed E-state index contributed by atoms with van der Waals surface area (Å²) in [5, 5.41) is 17.7. The number of aryl methyl sites for hydroxylation is 1. The number of hydrogen-bond donors (Lipinski definition) is 1. The maximum atomic E-state index is 12.8. The van der Waals surface area contributed by atoms with E-state index in [1.165, 1.54) is 0 Å². The van der Waals surface area contributed by atoms with Gasteiger partial charge in [-0.05, 0) is 33.4 Å². The lowest BCUT2D eigenvalue weighted by molar-refractivity contribution is -0.136. The zero-order chi connectivity index (χ0) is 19.8. The molecule has 0 radical (unpaired) electrons. The van der Waals surface area contributed by atoms with Crippen LogP contribution in [0.1, 0.15) is 45.7 Å². The molecule has 1 aromatic rings. The first-order valence-electron chi connectivity index (χ1n) is 10.0. The van der Waals surface area contributed by atoms with Crippen molar-refractivity contribution in [3.8, 4) is 0 Å². The second kappa shape index (κ2) is 10.7. The lowest BCUT2D eigenvalue weighted by Crippen LogP contribution is -2.47. The molecule has 1 amide bonds. The Bertz CT molecular complexity index is 579. The van der Waals surface area contributed by atoms with Gasteiger partial charge in [0.15, 0.2) is 0 Å². The van der Waals surface area contributed by atoms with E-state index in [0.717, 1.165) is 25.2 Å². The molecular weight excluding hydrogens is 346 g/mol. The molecule has 0 unspecified atom stereocenters. The van der Waals surface area contributed by atoms with E-state index in [9.17, 15) is 9.90 Å². The lowest BCUT2D eigenvalue weighted by Gasteiger charge is -2.35. The van der Waals surface area contributed by atoms with E-state index < -0.39 is 0 Å². The summed E-state index contributed by atoms with van der Waals surface area (Å²) < 4.78 is 8.11. The van der Waals surface area contributed by atoms with Crippen LogP contribution in [0, 0.1) is 5.92 Å². The van der Waals surface area contributed by atoms with Crippen molar-refractivity contribution in [1.29, 1.82) is 0 Å². The van der Waals surface area contributed by atoms with Gasteiger partial charge in [0.05, 0.1) is 37.3 Å². The van der Waals surface area contributed by atoms with Crippen LogP contribution in [0.4, 0.5) is 0 Å². The second-order valence-electron chi connectivity index (χ2n) is 7.72. The molecule has 1 N–H and O–H groups in total. The summed E-state index contributed by atoms with van der Waals surface area (Å²) in [7, 11) is 2.10. The summed E-state index contributed by atoms with van der Waals surface area (Å²) in [5.41, 5.74) is 0.943. The highest BCUT2D eigenvalue weighted by Gasteiger charge is 2.28. The molecule has 3 atom stereocenters. The number of hydrogen-bond acceptors (Lipinski definition) is 6. The van der Waals surface area contributed by atoms with Crippen molar-refractivity contribution in [3.63, 3.8) is 0 Å². The third-order valence-electron chi connectivity index (χ3n) is 5.24. The highest BCUT2D eigenvalue weighted by atomic mass is 16.5. The number of nitrogens with zero attached hydrogens (tertiary/aromatic N) is 5. The average molecular weight is 382 g/mol. The van der Waals surface area contributed by atoms with E-state index in [1.807, 2.05) is 16.5 Å². The van der Waals surface area contributed by atoms with Gasteiger partial charge in [0.25, 0.3) is 0 Å². The molecule has 8 heteroatoms. The predicted molar refractivity (Wildman–Crippen MR) is 103 cm³/mol. The minimum Gasteiger partial charge on any atom is -0.394 e. The smallest absolute Gasteiger partial charge is 0.222 e. The van der Waals surface area contributed by atoms with Gasteiger partial charge >= 0.3 is 0 Å². The van der Waals surface area contributed by atoms with Crippen molar-refractivity contribution < 1.29 is 14.6 Å². The van der Waals surface area contributed by atoms with E-state index in [-0.39, 0.29) is 30.6 Å². The first kappa shape index (κ1) is 21.8. The Kier molecular flexibility index (Phi) is 8.66. The molecule has 2 rings (SSSR count). The molecule has 2 heterocycles. The van der Waals surface area contributed by atoms with E-state index in [4.69, 9.17) is 4.74 Å². The summed E-state index contributed by atoms with van der Waals surface area (Å²) in [6.45, 7) is 9.63. The van der Waals surface area contributed by atoms with Gasteiger partial charge in [-0.3, -0.25) is 4.79 Å². The predicted octanol–water partition coefficient (Wildman–Crippen LogP) is 1.14. The van der Waals surface area contributed by atoms with Crippen LogP contribution < -0.4 is 0 Å². The van der Waals surface area contributed by atoms with Crippen LogP contribution in [0.3, 0.4) is 0 Å². The molecule has 0 spiro atoms. The van der Waals surface area contributed by atoms with Gasteiger partial charge in [-0.25, -0.2) is 4.68 Å². The van der Waals surface area contributed by atoms with Gasteiger partial charge in [-0.2, -0.15) is 0 Å². The van der Waals surface area contributed by atoms with E-state index in [1.54, 1.807) is 6.20 Å². The maximum Gasteiger partial charge on any atom is 0.222 e. The summed E-state index contributed by atoms with van der Waals surface area (Å²) in [6.07, 6.45) is 3.94. The Morgan fingerprint density at radius 1 is 1.48 bits per heavy atom. The molecule has 0 bridgehead atoms. The van der Waals surface area contributed by atoms with Gasteiger partial charge in [0.2, 0.25) is 5.91 Å². The third kappa shape index (κ3) is 6.26. The molecule has 0 saturated heterocycles. The van der Waals surface area contributed by atoms with Crippen LogP contribution in [0.2, 0.25) is 0 Å². The number of aromatic nitrogens is 3. The van der Waals surface area contributed by atoms with Gasteiger partial charge in [-0.15, -0.1) is 5.10 Å². The number of amides is 1. The van der Waals surface area contributed by atoms with Crippen molar-refractivity contribution in [2.45, 2.75) is 65.3 Å². The van der Waals surface area contributed by atoms with Crippen LogP contribution >= 0.6 is 0 Å². The SMILES string of the molecule is CCCN(C)C[C@@H]1OCc2cnnn2CCCC(=O)N([C@@H](C)CO)C[C@@H]1C. The minimum atomic E-state index is -0.196. The molecule has 0 aromatic carbocycles. The van der Waals surface area contributed by atoms with Crippen LogP contribution in [0.5, 0.6) is 0 Å². The minimum absolute atomic E-state index is 0.0227. The lowest BCUT2D eigenvalue weighted by atomic mass is 10.0. The van der Waals surface area contributed by atoms with Gasteiger partial charge in [-0.1, -0.05) is 19.1 Å². The number of ether oxygens (including phenoxy) is 1. The third-order valence-corrected chi connectivity index (χ3v) is 5.24. The number of carbonyl (C=O) groups is 1. The van der Waals surface area contributed by atoms with Crippen LogP contribution in [0.15, 0.2) is 6.20 Å². The molecule has 27 heavy (non-hydrogen) atoms. The molecule has 0 saturated carbocycles. The van der Waals surface area contributed by atoms with Gasteiger partial charge < -0.3 is 19.6 Å². The molecule has 1 aliphatic heterocycles. The van der Waals surface area contributed by atoms with E-state index in [0.29, 0.717) is 32.5 Å². The number of carbonyl (C=O) groups excluding carboxylic acids is 1. The van der Waals surface area contributed by atoms with Crippen molar-refractivity contribution in [2.75, 3.05) is 33.3 Å². The molecule has 8 nitrogen and oxygen atoms in total. The number of aliphatic hydroxyl groups excluding tert-OH is 1. The van der Waals surface area contributed by atoms with E-state index in [2.05, 4.69) is 36.1 Å². The van der Waals surface area contributed by atoms with Crippen molar-refractivity contribution in [1.82, 2.24) is 24.8 Å².